The van der Waals surface area contributed by atoms with Gasteiger partial charge in [-0.1, -0.05) is 36.4 Å². The van der Waals surface area contributed by atoms with Crippen LogP contribution >= 0.6 is 0 Å². The normalized spacial score (nSPS) is 18.2. The zero-order valence-electron chi connectivity index (χ0n) is 16.5. The number of hydrogen-bond acceptors (Lipinski definition) is 5. The number of rotatable bonds is 7. The Hall–Kier alpha value is -2.42. The molecular formula is C21H26N4O3S. The van der Waals surface area contributed by atoms with Crippen molar-refractivity contribution in [1.29, 1.82) is 0 Å². The lowest BCUT2D eigenvalue weighted by atomic mass is 10.1. The van der Waals surface area contributed by atoms with Crippen LogP contribution in [-0.4, -0.2) is 48.5 Å². The number of sulfonamides is 1. The summed E-state index contributed by atoms with van der Waals surface area (Å²) in [4.78, 5) is 2.23. The Morgan fingerprint density at radius 1 is 1.17 bits per heavy atom. The molecule has 0 saturated carbocycles. The first-order valence-electron chi connectivity index (χ1n) is 9.79. The van der Waals surface area contributed by atoms with Gasteiger partial charge in [-0.25, -0.2) is 13.1 Å². The standard InChI is InChI=1S/C21H26N4O3S/c1-29(26,27)23-18-9-6-12-24(14-18)16-25-20-10-5-11-21(19(20)13-22-25)28-15-17-7-3-2-4-8-17/h2-5,7-8,10-11,13,18,23H,6,9,12,14-16H2,1H3/t18-/m1/s1. The maximum absolute atomic E-state index is 11.5. The molecule has 1 atom stereocenters. The minimum absolute atomic E-state index is 0.0506. The number of hydrogen-bond donors (Lipinski definition) is 1. The molecule has 0 spiro atoms. The predicted molar refractivity (Wildman–Crippen MR) is 113 cm³/mol. The number of likely N-dealkylation sites (tertiary alicyclic amines) is 1. The van der Waals surface area contributed by atoms with Crippen molar-refractivity contribution in [2.24, 2.45) is 0 Å². The highest BCUT2D eigenvalue weighted by atomic mass is 32.2. The van der Waals surface area contributed by atoms with Crippen molar-refractivity contribution in [2.45, 2.75) is 32.2 Å². The van der Waals surface area contributed by atoms with Crippen LogP contribution < -0.4 is 9.46 Å². The summed E-state index contributed by atoms with van der Waals surface area (Å²) in [6.07, 6.45) is 4.87. The van der Waals surface area contributed by atoms with Crippen LogP contribution in [0.4, 0.5) is 0 Å². The molecule has 1 aliphatic heterocycles. The van der Waals surface area contributed by atoms with E-state index in [9.17, 15) is 8.42 Å². The number of aromatic nitrogens is 2. The molecule has 29 heavy (non-hydrogen) atoms. The molecule has 1 aliphatic rings. The molecule has 154 valence electrons. The van der Waals surface area contributed by atoms with Gasteiger partial charge >= 0.3 is 0 Å². The maximum Gasteiger partial charge on any atom is 0.208 e. The molecule has 1 fully saturated rings. The third kappa shape index (κ3) is 5.14. The van der Waals surface area contributed by atoms with Crippen LogP contribution in [0.2, 0.25) is 0 Å². The molecule has 3 aromatic rings. The molecule has 1 N–H and O–H groups in total. The lowest BCUT2D eigenvalue weighted by Gasteiger charge is -2.32. The summed E-state index contributed by atoms with van der Waals surface area (Å²) >= 11 is 0. The van der Waals surface area contributed by atoms with Crippen molar-refractivity contribution >= 4 is 20.9 Å². The van der Waals surface area contributed by atoms with E-state index < -0.39 is 10.0 Å². The Balaban J connectivity index is 1.46. The van der Waals surface area contributed by atoms with Gasteiger partial charge < -0.3 is 4.74 Å². The summed E-state index contributed by atoms with van der Waals surface area (Å²) in [5.74, 6) is 0.813. The van der Waals surface area contributed by atoms with E-state index in [0.29, 0.717) is 19.8 Å². The molecule has 4 rings (SSSR count). The van der Waals surface area contributed by atoms with Crippen LogP contribution in [0.5, 0.6) is 5.75 Å². The van der Waals surface area contributed by atoms with Crippen molar-refractivity contribution in [3.05, 3.63) is 60.3 Å². The minimum Gasteiger partial charge on any atom is -0.488 e. The summed E-state index contributed by atoms with van der Waals surface area (Å²) in [6.45, 7) is 2.73. The minimum atomic E-state index is -3.19. The molecule has 2 heterocycles. The molecule has 0 amide bonds. The van der Waals surface area contributed by atoms with E-state index >= 15 is 0 Å². The van der Waals surface area contributed by atoms with Crippen LogP contribution in [0.25, 0.3) is 10.9 Å². The Morgan fingerprint density at radius 2 is 2.00 bits per heavy atom. The molecule has 7 nitrogen and oxygen atoms in total. The average molecular weight is 415 g/mol. The fraction of sp³-hybridized carbons (Fsp3) is 0.381. The Bertz CT molecular complexity index is 1070. The molecule has 0 unspecified atom stereocenters. The van der Waals surface area contributed by atoms with E-state index in [1.54, 1.807) is 0 Å². The molecule has 0 aliphatic carbocycles. The third-order valence-electron chi connectivity index (χ3n) is 5.10. The van der Waals surface area contributed by atoms with E-state index in [4.69, 9.17) is 4.74 Å². The third-order valence-corrected chi connectivity index (χ3v) is 5.87. The van der Waals surface area contributed by atoms with E-state index in [2.05, 4.69) is 14.7 Å². The van der Waals surface area contributed by atoms with Gasteiger partial charge in [0.05, 0.1) is 30.0 Å². The number of fused-ring (bicyclic) bond motifs is 1. The second-order valence-corrected chi connectivity index (χ2v) is 9.33. The molecule has 1 aromatic heterocycles. The number of piperidine rings is 1. The lowest BCUT2D eigenvalue weighted by Crippen LogP contribution is -2.47. The second kappa shape index (κ2) is 8.52. The van der Waals surface area contributed by atoms with Crippen molar-refractivity contribution in [1.82, 2.24) is 19.4 Å². The molecule has 1 saturated heterocycles. The van der Waals surface area contributed by atoms with Gasteiger partial charge in [0.2, 0.25) is 10.0 Å². The zero-order valence-corrected chi connectivity index (χ0v) is 17.3. The Labute approximate surface area is 171 Å². The van der Waals surface area contributed by atoms with E-state index in [0.717, 1.165) is 41.6 Å². The lowest BCUT2D eigenvalue weighted by molar-refractivity contribution is 0.156. The first-order valence-corrected chi connectivity index (χ1v) is 11.7. The van der Waals surface area contributed by atoms with Crippen LogP contribution in [0, 0.1) is 0 Å². The van der Waals surface area contributed by atoms with Crippen molar-refractivity contribution in [3.63, 3.8) is 0 Å². The van der Waals surface area contributed by atoms with Crippen molar-refractivity contribution < 1.29 is 13.2 Å². The van der Waals surface area contributed by atoms with Gasteiger partial charge in [0.25, 0.3) is 0 Å². The number of ether oxygens (including phenoxy) is 1. The van der Waals surface area contributed by atoms with Crippen molar-refractivity contribution in [2.75, 3.05) is 19.3 Å². The molecule has 0 bridgehead atoms. The maximum atomic E-state index is 11.5. The van der Waals surface area contributed by atoms with Gasteiger partial charge in [0.15, 0.2) is 0 Å². The first kappa shape index (κ1) is 19.9. The summed E-state index contributed by atoms with van der Waals surface area (Å²) in [6, 6.07) is 16.0. The van der Waals surface area contributed by atoms with E-state index in [1.807, 2.05) is 59.4 Å². The largest absolute Gasteiger partial charge is 0.488 e. The highest BCUT2D eigenvalue weighted by Crippen LogP contribution is 2.26. The number of nitrogens with zero attached hydrogens (tertiary/aromatic N) is 3. The summed E-state index contributed by atoms with van der Waals surface area (Å²) < 4.78 is 33.8. The van der Waals surface area contributed by atoms with Gasteiger partial charge in [0.1, 0.15) is 12.4 Å². The fourth-order valence-corrected chi connectivity index (χ4v) is 4.62. The highest BCUT2D eigenvalue weighted by Gasteiger charge is 2.23. The number of nitrogens with one attached hydrogen (secondary N) is 1. The Kier molecular flexibility index (Phi) is 5.84. The van der Waals surface area contributed by atoms with Crippen molar-refractivity contribution in [3.8, 4) is 5.75 Å². The zero-order chi connectivity index (χ0) is 20.3. The van der Waals surface area contributed by atoms with Crippen LogP contribution in [-0.2, 0) is 23.3 Å². The van der Waals surface area contributed by atoms with E-state index in [-0.39, 0.29) is 6.04 Å². The van der Waals surface area contributed by atoms with Crippen LogP contribution in [0.3, 0.4) is 0 Å². The van der Waals surface area contributed by atoms with Gasteiger partial charge in [0, 0.05) is 19.1 Å². The van der Waals surface area contributed by atoms with E-state index in [1.165, 1.54) is 6.26 Å². The average Bonchev–Trinajstić information content (AvgIpc) is 3.10. The highest BCUT2D eigenvalue weighted by molar-refractivity contribution is 7.88. The predicted octanol–water partition coefficient (Wildman–Crippen LogP) is 2.59. The van der Waals surface area contributed by atoms with Crippen LogP contribution in [0.1, 0.15) is 18.4 Å². The fourth-order valence-electron chi connectivity index (χ4n) is 3.82. The quantitative estimate of drug-likeness (QED) is 0.643. The van der Waals surface area contributed by atoms with Gasteiger partial charge in [-0.2, -0.15) is 5.10 Å². The topological polar surface area (TPSA) is 76.5 Å². The Morgan fingerprint density at radius 3 is 2.79 bits per heavy atom. The molecular weight excluding hydrogens is 388 g/mol. The monoisotopic (exact) mass is 414 g/mol. The van der Waals surface area contributed by atoms with Crippen LogP contribution in [0.15, 0.2) is 54.7 Å². The van der Waals surface area contributed by atoms with Gasteiger partial charge in [-0.3, -0.25) is 9.58 Å². The first-order chi connectivity index (χ1) is 14.0. The smallest absolute Gasteiger partial charge is 0.208 e. The van der Waals surface area contributed by atoms with Gasteiger partial charge in [-0.15, -0.1) is 0 Å². The second-order valence-electron chi connectivity index (χ2n) is 7.55. The summed E-state index contributed by atoms with van der Waals surface area (Å²) in [7, 11) is -3.19. The molecule has 0 radical (unpaired) electrons. The molecule has 8 heteroatoms. The summed E-state index contributed by atoms with van der Waals surface area (Å²) in [5.41, 5.74) is 2.13. The molecule has 2 aromatic carbocycles. The van der Waals surface area contributed by atoms with Gasteiger partial charge in [-0.05, 0) is 30.5 Å². The summed E-state index contributed by atoms with van der Waals surface area (Å²) in [5, 5.41) is 5.54. The SMILES string of the molecule is CS(=O)(=O)N[C@@H]1CCCN(Cn2ncc3c(OCc4ccccc4)cccc32)C1. The number of benzene rings is 2.